The van der Waals surface area contributed by atoms with Gasteiger partial charge in [-0.2, -0.15) is 0 Å². The Morgan fingerprint density at radius 1 is 1.36 bits per heavy atom. The Labute approximate surface area is 104 Å². The average Bonchev–Trinajstić information content (AvgIpc) is 2.16. The van der Waals surface area contributed by atoms with E-state index in [1.165, 1.54) is 9.14 Å². The molecule has 0 fully saturated rings. The number of hydrogen-bond donors (Lipinski definition) is 1. The molecule has 1 aromatic carbocycles. The molecule has 0 bridgehead atoms. The summed E-state index contributed by atoms with van der Waals surface area (Å²) in [6.07, 6.45) is 0. The average molecular weight is 366 g/mol. The van der Waals surface area contributed by atoms with Gasteiger partial charge in [0.25, 0.3) is 0 Å². The van der Waals surface area contributed by atoms with E-state index in [2.05, 4.69) is 23.1 Å². The van der Waals surface area contributed by atoms with E-state index >= 15 is 0 Å². The summed E-state index contributed by atoms with van der Waals surface area (Å²) in [5.74, 6) is 0. The SMILES string of the molecule is Br.C[O][Sn]([CH3])[c]1ccccc1C(C)N. The van der Waals surface area contributed by atoms with Crippen LogP contribution in [0.1, 0.15) is 18.5 Å². The Morgan fingerprint density at radius 2 is 1.93 bits per heavy atom. The molecule has 1 unspecified atom stereocenters. The van der Waals surface area contributed by atoms with Crippen LogP contribution in [0.2, 0.25) is 4.94 Å². The Morgan fingerprint density at radius 3 is 2.43 bits per heavy atom. The Kier molecular flexibility index (Phi) is 7.02. The van der Waals surface area contributed by atoms with Gasteiger partial charge in [0.15, 0.2) is 0 Å². The van der Waals surface area contributed by atoms with Crippen LogP contribution >= 0.6 is 17.0 Å². The van der Waals surface area contributed by atoms with Gasteiger partial charge in [-0.3, -0.25) is 0 Å². The fourth-order valence-electron chi connectivity index (χ4n) is 1.32. The minimum absolute atomic E-state index is 0. The first kappa shape index (κ1) is 14.4. The van der Waals surface area contributed by atoms with Crippen molar-refractivity contribution in [3.8, 4) is 0 Å². The fraction of sp³-hybridized carbons (Fsp3) is 0.400. The molecule has 1 rings (SSSR count). The first-order chi connectivity index (χ1) is 6.16. The van der Waals surface area contributed by atoms with Crippen LogP contribution in [0.3, 0.4) is 0 Å². The van der Waals surface area contributed by atoms with Crippen LogP contribution in [0.5, 0.6) is 0 Å². The van der Waals surface area contributed by atoms with Crippen molar-refractivity contribution in [2.45, 2.75) is 17.9 Å². The summed E-state index contributed by atoms with van der Waals surface area (Å²) in [6, 6.07) is 8.46. The molecule has 0 heterocycles. The van der Waals surface area contributed by atoms with E-state index < -0.39 is 20.2 Å². The van der Waals surface area contributed by atoms with Crippen LogP contribution < -0.4 is 9.31 Å². The number of benzene rings is 1. The number of halogens is 1. The van der Waals surface area contributed by atoms with E-state index in [0.717, 1.165) is 0 Å². The second-order valence-corrected chi connectivity index (χ2v) is 9.01. The quantitative estimate of drug-likeness (QED) is 0.828. The van der Waals surface area contributed by atoms with E-state index in [9.17, 15) is 0 Å². The second-order valence-electron chi connectivity index (χ2n) is 3.14. The van der Waals surface area contributed by atoms with Gasteiger partial charge in [0.1, 0.15) is 0 Å². The molecule has 0 aromatic heterocycles. The van der Waals surface area contributed by atoms with Crippen molar-refractivity contribution in [1.29, 1.82) is 0 Å². The maximum atomic E-state index is 5.88. The van der Waals surface area contributed by atoms with Crippen molar-refractivity contribution in [2.24, 2.45) is 5.73 Å². The van der Waals surface area contributed by atoms with E-state index in [0.29, 0.717) is 0 Å². The first-order valence-corrected chi connectivity index (χ1v) is 9.84. The molecule has 2 nitrogen and oxygen atoms in total. The molecule has 0 spiro atoms. The molecule has 1 radical (unpaired) electrons. The number of hydrogen-bond acceptors (Lipinski definition) is 2. The van der Waals surface area contributed by atoms with Gasteiger partial charge in [-0.1, -0.05) is 0 Å². The molecular formula is C10H17BrNOSn. The summed E-state index contributed by atoms with van der Waals surface area (Å²) in [5, 5.41) is 0. The topological polar surface area (TPSA) is 35.2 Å². The van der Waals surface area contributed by atoms with Crippen molar-refractivity contribution in [2.75, 3.05) is 7.11 Å². The zero-order valence-electron chi connectivity index (χ0n) is 8.78. The monoisotopic (exact) mass is 366 g/mol. The molecule has 2 N–H and O–H groups in total. The molecule has 0 saturated heterocycles. The van der Waals surface area contributed by atoms with E-state index in [1.54, 1.807) is 7.11 Å². The van der Waals surface area contributed by atoms with Crippen LogP contribution in [0.4, 0.5) is 0 Å². The number of nitrogens with two attached hydrogens (primary N) is 1. The first-order valence-electron chi connectivity index (χ1n) is 4.39. The van der Waals surface area contributed by atoms with Gasteiger partial charge < -0.3 is 0 Å². The van der Waals surface area contributed by atoms with Crippen molar-refractivity contribution in [1.82, 2.24) is 0 Å². The van der Waals surface area contributed by atoms with Crippen molar-refractivity contribution >= 4 is 40.7 Å². The van der Waals surface area contributed by atoms with Crippen LogP contribution in [0.15, 0.2) is 24.3 Å². The summed E-state index contributed by atoms with van der Waals surface area (Å²) in [5.41, 5.74) is 7.13. The summed E-state index contributed by atoms with van der Waals surface area (Å²) < 4.78 is 6.85. The summed E-state index contributed by atoms with van der Waals surface area (Å²) in [7, 11) is 1.80. The van der Waals surface area contributed by atoms with Gasteiger partial charge in [-0.25, -0.2) is 0 Å². The summed E-state index contributed by atoms with van der Waals surface area (Å²) in [6.45, 7) is 2.02. The molecule has 14 heavy (non-hydrogen) atoms. The van der Waals surface area contributed by atoms with Crippen LogP contribution in [-0.4, -0.2) is 27.3 Å². The second kappa shape index (κ2) is 6.82. The molecule has 0 amide bonds. The van der Waals surface area contributed by atoms with Crippen LogP contribution in [-0.2, 0) is 3.07 Å². The van der Waals surface area contributed by atoms with Gasteiger partial charge in [0, 0.05) is 0 Å². The zero-order valence-corrected chi connectivity index (χ0v) is 13.3. The zero-order chi connectivity index (χ0) is 9.84. The molecule has 4 heteroatoms. The molecule has 79 valence electrons. The third kappa shape index (κ3) is 3.53. The van der Waals surface area contributed by atoms with Crippen molar-refractivity contribution in [3.05, 3.63) is 29.8 Å². The van der Waals surface area contributed by atoms with Crippen molar-refractivity contribution < 1.29 is 3.07 Å². The van der Waals surface area contributed by atoms with Gasteiger partial charge in [0.05, 0.1) is 0 Å². The molecule has 0 aliphatic carbocycles. The van der Waals surface area contributed by atoms with Gasteiger partial charge >= 0.3 is 87.4 Å². The Hall–Kier alpha value is 0.419. The summed E-state index contributed by atoms with van der Waals surface area (Å²) in [4.78, 5) is 2.23. The van der Waals surface area contributed by atoms with E-state index in [1.807, 2.05) is 13.0 Å². The minimum atomic E-state index is -1.77. The van der Waals surface area contributed by atoms with Gasteiger partial charge in [0.2, 0.25) is 0 Å². The maximum absolute atomic E-state index is 5.88. The third-order valence-corrected chi connectivity index (χ3v) is 7.35. The fourth-order valence-corrected chi connectivity index (χ4v) is 4.94. The number of rotatable bonds is 3. The predicted octanol–water partition coefficient (Wildman–Crippen LogP) is 1.76. The third-order valence-electron chi connectivity index (χ3n) is 2.14. The Balaban J connectivity index is 0.00000169. The van der Waals surface area contributed by atoms with Gasteiger partial charge in [-0.05, 0) is 0 Å². The van der Waals surface area contributed by atoms with Crippen LogP contribution in [0.25, 0.3) is 0 Å². The Bertz CT molecular complexity index is 281. The van der Waals surface area contributed by atoms with Crippen LogP contribution in [0, 0.1) is 0 Å². The molecule has 1 atom stereocenters. The molecular weight excluding hydrogens is 349 g/mol. The standard InChI is InChI=1S/C8H10N.CH3O.CH3.BrH.Sn/c1-7(9)8-5-3-2-4-6-8;1-2;;;/h2-5,7H,9H2,1H3;1H3;1H3;1H;/q;-1;;;+1. The predicted molar refractivity (Wildman–Crippen MR) is 67.6 cm³/mol. The van der Waals surface area contributed by atoms with E-state index in [4.69, 9.17) is 8.81 Å². The van der Waals surface area contributed by atoms with Gasteiger partial charge in [-0.15, -0.1) is 17.0 Å². The molecule has 0 aliphatic rings. The normalized spacial score (nSPS) is 12.4. The molecule has 0 aliphatic heterocycles. The molecule has 0 saturated carbocycles. The molecule has 1 aromatic rings. The summed E-state index contributed by atoms with van der Waals surface area (Å²) >= 11 is -1.77. The van der Waals surface area contributed by atoms with Crippen molar-refractivity contribution in [3.63, 3.8) is 0 Å². The van der Waals surface area contributed by atoms with E-state index in [-0.39, 0.29) is 23.0 Å².